The second kappa shape index (κ2) is 7.55. The lowest BCUT2D eigenvalue weighted by molar-refractivity contribution is -0.305. The molecule has 0 bridgehead atoms. The Kier molecular flexibility index (Phi) is 5.48. The third kappa shape index (κ3) is 4.93. The van der Waals surface area contributed by atoms with E-state index in [9.17, 15) is 18.3 Å². The lowest BCUT2D eigenvalue weighted by atomic mass is 10.2. The van der Waals surface area contributed by atoms with E-state index < -0.39 is 16.0 Å². The van der Waals surface area contributed by atoms with Gasteiger partial charge in [-0.05, 0) is 12.1 Å². The molecule has 2 aromatic rings. The minimum Gasteiger partial charge on any atom is -0.550 e. The molecule has 0 unspecified atom stereocenters. The smallest absolute Gasteiger partial charge is 0.263 e. The van der Waals surface area contributed by atoms with Crippen LogP contribution in [0.2, 0.25) is 0 Å². The normalized spacial score (nSPS) is 11.9. The van der Waals surface area contributed by atoms with Gasteiger partial charge in [-0.25, -0.2) is 8.42 Å². The Morgan fingerprint density at radius 1 is 1.00 bits per heavy atom. The number of rotatable bonds is 6. The number of carbonyl (C=O) groups excluding carboxylic acids is 1. The fourth-order valence-electron chi connectivity index (χ4n) is 1.82. The molecule has 0 aliphatic carbocycles. The maximum absolute atomic E-state index is 12.4. The van der Waals surface area contributed by atoms with E-state index in [-0.39, 0.29) is 23.7 Å². The zero-order valence-corrected chi connectivity index (χ0v) is 13.0. The van der Waals surface area contributed by atoms with Crippen molar-refractivity contribution in [2.24, 2.45) is 4.99 Å². The van der Waals surface area contributed by atoms with Crippen molar-refractivity contribution < 1.29 is 18.3 Å². The summed E-state index contributed by atoms with van der Waals surface area (Å²) < 4.78 is 27.2. The Balaban J connectivity index is 2.29. The van der Waals surface area contributed by atoms with E-state index in [0.717, 1.165) is 0 Å². The number of benzene rings is 2. The Morgan fingerprint density at radius 3 is 2.13 bits per heavy atom. The van der Waals surface area contributed by atoms with Crippen molar-refractivity contribution in [2.75, 3.05) is 6.54 Å². The fourth-order valence-corrected chi connectivity index (χ4v) is 2.89. The summed E-state index contributed by atoms with van der Waals surface area (Å²) in [5.41, 5.74) is 0.547. The first-order valence-electron chi connectivity index (χ1n) is 6.86. The number of sulfonamides is 1. The van der Waals surface area contributed by atoms with Crippen molar-refractivity contribution in [3.63, 3.8) is 0 Å². The van der Waals surface area contributed by atoms with Crippen LogP contribution < -0.4 is 9.83 Å². The van der Waals surface area contributed by atoms with Gasteiger partial charge in [-0.2, -0.15) is 0 Å². The molecule has 120 valence electrons. The molecule has 0 atom stereocenters. The molecular formula is C16H15N2O4S-. The van der Waals surface area contributed by atoms with Crippen LogP contribution in [-0.4, -0.2) is 26.8 Å². The highest BCUT2D eigenvalue weighted by atomic mass is 32.2. The number of carbonyl (C=O) groups is 1. The quantitative estimate of drug-likeness (QED) is 0.617. The third-order valence-electron chi connectivity index (χ3n) is 2.92. The molecule has 2 rings (SSSR count). The van der Waals surface area contributed by atoms with Crippen LogP contribution >= 0.6 is 0 Å². The summed E-state index contributed by atoms with van der Waals surface area (Å²) in [6.07, 6.45) is -0.288. The Bertz CT molecular complexity index is 787. The van der Waals surface area contributed by atoms with Gasteiger partial charge in [-0.3, -0.25) is 9.71 Å². The Labute approximate surface area is 134 Å². The average molecular weight is 331 g/mol. The van der Waals surface area contributed by atoms with Crippen molar-refractivity contribution >= 4 is 21.8 Å². The summed E-state index contributed by atoms with van der Waals surface area (Å²) in [5.74, 6) is -1.15. The second-order valence-corrected chi connectivity index (χ2v) is 6.32. The summed E-state index contributed by atoms with van der Waals surface area (Å²) >= 11 is 0. The molecule has 7 heteroatoms. The number of carboxylic acids is 1. The summed E-state index contributed by atoms with van der Waals surface area (Å²) in [4.78, 5) is 14.7. The molecule has 0 aliphatic rings. The zero-order valence-electron chi connectivity index (χ0n) is 12.2. The topological polar surface area (TPSA) is 98.7 Å². The minimum atomic E-state index is -3.80. The number of nitrogens with one attached hydrogen (secondary N) is 1. The van der Waals surface area contributed by atoms with Gasteiger partial charge < -0.3 is 9.90 Å². The van der Waals surface area contributed by atoms with Gasteiger partial charge >= 0.3 is 0 Å². The van der Waals surface area contributed by atoms with Crippen molar-refractivity contribution in [1.82, 2.24) is 4.72 Å². The second-order valence-electron chi connectivity index (χ2n) is 4.64. The maximum Gasteiger partial charge on any atom is 0.263 e. The Morgan fingerprint density at radius 2 is 1.57 bits per heavy atom. The summed E-state index contributed by atoms with van der Waals surface area (Å²) in [7, 11) is -3.80. The van der Waals surface area contributed by atoms with E-state index in [4.69, 9.17) is 0 Å². The van der Waals surface area contributed by atoms with Crippen LogP contribution in [0.4, 0.5) is 0 Å². The van der Waals surface area contributed by atoms with Crippen LogP contribution in [0.3, 0.4) is 0 Å². The van der Waals surface area contributed by atoms with Crippen LogP contribution in [-0.2, 0) is 14.8 Å². The number of carboxylic acid groups (broad SMARTS) is 1. The van der Waals surface area contributed by atoms with E-state index >= 15 is 0 Å². The molecule has 0 aliphatic heterocycles. The van der Waals surface area contributed by atoms with Crippen LogP contribution in [0, 0.1) is 0 Å². The van der Waals surface area contributed by atoms with Gasteiger partial charge in [-0.15, -0.1) is 0 Å². The van der Waals surface area contributed by atoms with Crippen LogP contribution in [0.5, 0.6) is 0 Å². The van der Waals surface area contributed by atoms with Gasteiger partial charge in [0.1, 0.15) is 5.84 Å². The Hall–Kier alpha value is -2.67. The van der Waals surface area contributed by atoms with Gasteiger partial charge in [-0.1, -0.05) is 48.5 Å². The largest absolute Gasteiger partial charge is 0.550 e. The summed E-state index contributed by atoms with van der Waals surface area (Å²) in [6, 6.07) is 16.5. The molecule has 0 amide bonds. The maximum atomic E-state index is 12.4. The van der Waals surface area contributed by atoms with Gasteiger partial charge in [0.05, 0.1) is 4.90 Å². The molecule has 0 aromatic heterocycles. The highest BCUT2D eigenvalue weighted by Gasteiger charge is 2.16. The van der Waals surface area contributed by atoms with E-state index in [1.54, 1.807) is 48.5 Å². The van der Waals surface area contributed by atoms with E-state index in [1.165, 1.54) is 12.1 Å². The van der Waals surface area contributed by atoms with Crippen LogP contribution in [0.25, 0.3) is 0 Å². The molecule has 2 aromatic carbocycles. The molecular weight excluding hydrogens is 316 g/mol. The van der Waals surface area contributed by atoms with Crippen LogP contribution in [0.15, 0.2) is 70.6 Å². The van der Waals surface area contributed by atoms with Crippen molar-refractivity contribution in [3.05, 3.63) is 66.2 Å². The zero-order chi connectivity index (χ0) is 16.7. The number of nitrogens with zero attached hydrogens (tertiary/aromatic N) is 1. The minimum absolute atomic E-state index is 0.0795. The van der Waals surface area contributed by atoms with E-state index in [0.29, 0.717) is 5.56 Å². The number of aliphatic imine (C=N–C) groups is 1. The highest BCUT2D eigenvalue weighted by molar-refractivity contribution is 7.90. The average Bonchev–Trinajstić information content (AvgIpc) is 2.55. The first-order valence-corrected chi connectivity index (χ1v) is 8.35. The molecule has 0 spiro atoms. The van der Waals surface area contributed by atoms with Crippen molar-refractivity contribution in [3.8, 4) is 0 Å². The SMILES string of the molecule is O=C([O-])CCN=C(NS(=O)(=O)c1ccccc1)c1ccccc1. The van der Waals surface area contributed by atoms with Crippen molar-refractivity contribution in [2.45, 2.75) is 11.3 Å². The molecule has 1 N–H and O–H groups in total. The number of hydrogen-bond acceptors (Lipinski definition) is 5. The first kappa shape index (κ1) is 16.7. The summed E-state index contributed by atoms with van der Waals surface area (Å²) in [6.45, 7) is -0.0795. The van der Waals surface area contributed by atoms with Gasteiger partial charge in [0.15, 0.2) is 0 Å². The molecule has 0 heterocycles. The van der Waals surface area contributed by atoms with E-state index in [2.05, 4.69) is 9.71 Å². The molecule has 6 nitrogen and oxygen atoms in total. The highest BCUT2D eigenvalue weighted by Crippen LogP contribution is 2.09. The first-order chi connectivity index (χ1) is 11.0. The third-order valence-corrected chi connectivity index (χ3v) is 4.27. The predicted molar refractivity (Wildman–Crippen MR) is 84.2 cm³/mol. The fraction of sp³-hybridized carbons (Fsp3) is 0.125. The lowest BCUT2D eigenvalue weighted by Crippen LogP contribution is -2.32. The number of amidine groups is 1. The lowest BCUT2D eigenvalue weighted by Gasteiger charge is -2.11. The number of hydrogen-bond donors (Lipinski definition) is 1. The predicted octanol–water partition coefficient (Wildman–Crippen LogP) is 0.552. The molecule has 0 radical (unpaired) electrons. The summed E-state index contributed by atoms with van der Waals surface area (Å²) in [5, 5.41) is 10.5. The van der Waals surface area contributed by atoms with Crippen LogP contribution in [0.1, 0.15) is 12.0 Å². The monoisotopic (exact) mass is 331 g/mol. The molecule has 0 saturated heterocycles. The van der Waals surface area contributed by atoms with Gasteiger partial charge in [0.25, 0.3) is 10.0 Å². The van der Waals surface area contributed by atoms with E-state index in [1.807, 2.05) is 0 Å². The van der Waals surface area contributed by atoms with Gasteiger partial charge in [0, 0.05) is 24.5 Å². The standard InChI is InChI=1S/C16H16N2O4S/c19-15(20)11-12-17-16(13-7-3-1-4-8-13)18-23(21,22)14-9-5-2-6-10-14/h1-10H,11-12H2,(H,17,18)(H,19,20)/p-1. The van der Waals surface area contributed by atoms with Gasteiger partial charge in [0.2, 0.25) is 0 Å². The van der Waals surface area contributed by atoms with Crippen molar-refractivity contribution in [1.29, 1.82) is 0 Å². The molecule has 0 saturated carbocycles. The number of aliphatic carboxylic acids is 1. The molecule has 23 heavy (non-hydrogen) atoms. The molecule has 0 fully saturated rings.